The van der Waals surface area contributed by atoms with Gasteiger partial charge < -0.3 is 15.4 Å². The monoisotopic (exact) mass is 383 g/mol. The van der Waals surface area contributed by atoms with E-state index in [9.17, 15) is 9.59 Å². The Labute approximate surface area is 162 Å². The van der Waals surface area contributed by atoms with Crippen LogP contribution < -0.4 is 15.4 Å². The molecule has 7 heteroatoms. The fourth-order valence-corrected chi connectivity index (χ4v) is 3.72. The molecule has 0 aromatic heterocycles. The number of para-hydroxylation sites is 1. The van der Waals surface area contributed by atoms with E-state index in [2.05, 4.69) is 15.6 Å². The molecule has 1 fully saturated rings. The molecule has 2 aromatic carbocycles. The Hall–Kier alpha value is -2.80. The fraction of sp³-hybridized carbons (Fsp3) is 0.250. The maximum atomic E-state index is 12.4. The largest absolute Gasteiger partial charge is 0.497 e. The standard InChI is InChI=1S/C20H21N3O3S/c1-12-5-4-6-13(2)18(12)22-17(24)11-16-19(25)23-20(27-16)21-14-7-9-15(26-3)10-8-14/h4-10,16H,11H2,1-3H3,(H,22,24)(H,21,23,25). The van der Waals surface area contributed by atoms with E-state index >= 15 is 0 Å². The van der Waals surface area contributed by atoms with E-state index in [-0.39, 0.29) is 18.2 Å². The van der Waals surface area contributed by atoms with Gasteiger partial charge in [0, 0.05) is 12.1 Å². The Morgan fingerprint density at radius 3 is 2.48 bits per heavy atom. The Bertz CT molecular complexity index is 874. The first-order valence-electron chi connectivity index (χ1n) is 8.52. The van der Waals surface area contributed by atoms with E-state index in [4.69, 9.17) is 4.74 Å². The summed E-state index contributed by atoms with van der Waals surface area (Å²) in [4.78, 5) is 29.0. The van der Waals surface area contributed by atoms with Crippen LogP contribution in [0.25, 0.3) is 0 Å². The van der Waals surface area contributed by atoms with E-state index in [0.717, 1.165) is 22.6 Å². The molecule has 1 aliphatic heterocycles. The lowest BCUT2D eigenvalue weighted by Gasteiger charge is -2.12. The van der Waals surface area contributed by atoms with Crippen LogP contribution >= 0.6 is 11.8 Å². The summed E-state index contributed by atoms with van der Waals surface area (Å²) in [5.74, 6) is 0.345. The van der Waals surface area contributed by atoms with E-state index < -0.39 is 5.25 Å². The molecule has 140 valence electrons. The van der Waals surface area contributed by atoms with Gasteiger partial charge in [-0.25, -0.2) is 4.99 Å². The number of carbonyl (C=O) groups excluding carboxylic acids is 2. The van der Waals surface area contributed by atoms with Crippen LogP contribution in [0.4, 0.5) is 11.4 Å². The average Bonchev–Trinajstić information content (AvgIpc) is 2.98. The van der Waals surface area contributed by atoms with E-state index in [0.29, 0.717) is 10.9 Å². The summed E-state index contributed by atoms with van der Waals surface area (Å²) >= 11 is 1.27. The normalized spacial score (nSPS) is 17.7. The molecule has 0 radical (unpaired) electrons. The molecule has 0 aliphatic carbocycles. The zero-order valence-corrected chi connectivity index (χ0v) is 16.2. The molecule has 1 saturated heterocycles. The molecular formula is C20H21N3O3S. The number of aliphatic imine (C=N–C) groups is 1. The fourth-order valence-electron chi connectivity index (χ4n) is 2.74. The van der Waals surface area contributed by atoms with Crippen LogP contribution in [0, 0.1) is 13.8 Å². The Balaban J connectivity index is 1.63. The van der Waals surface area contributed by atoms with Gasteiger partial charge in [-0.15, -0.1) is 0 Å². The molecule has 2 N–H and O–H groups in total. The van der Waals surface area contributed by atoms with Crippen molar-refractivity contribution in [2.45, 2.75) is 25.5 Å². The van der Waals surface area contributed by atoms with Crippen LogP contribution in [-0.2, 0) is 9.59 Å². The van der Waals surface area contributed by atoms with Gasteiger partial charge in [0.15, 0.2) is 5.17 Å². The number of benzene rings is 2. The predicted octanol–water partition coefficient (Wildman–Crippen LogP) is 3.56. The van der Waals surface area contributed by atoms with Crippen LogP contribution in [0.2, 0.25) is 0 Å². The number of anilines is 1. The number of nitrogens with one attached hydrogen (secondary N) is 2. The molecule has 1 heterocycles. The second-order valence-electron chi connectivity index (χ2n) is 6.23. The highest BCUT2D eigenvalue weighted by molar-refractivity contribution is 8.15. The number of hydrogen-bond acceptors (Lipinski definition) is 5. The van der Waals surface area contributed by atoms with Crippen molar-refractivity contribution in [1.29, 1.82) is 0 Å². The minimum atomic E-state index is -0.494. The van der Waals surface area contributed by atoms with Crippen molar-refractivity contribution < 1.29 is 14.3 Å². The predicted molar refractivity (Wildman–Crippen MR) is 109 cm³/mol. The van der Waals surface area contributed by atoms with Crippen molar-refractivity contribution in [3.05, 3.63) is 53.6 Å². The quantitative estimate of drug-likeness (QED) is 0.827. The van der Waals surface area contributed by atoms with Crippen molar-refractivity contribution in [2.75, 3.05) is 12.4 Å². The highest BCUT2D eigenvalue weighted by atomic mass is 32.2. The Morgan fingerprint density at radius 1 is 1.19 bits per heavy atom. The minimum absolute atomic E-state index is 0.0892. The van der Waals surface area contributed by atoms with Crippen LogP contribution in [0.3, 0.4) is 0 Å². The zero-order valence-electron chi connectivity index (χ0n) is 15.4. The van der Waals surface area contributed by atoms with Gasteiger partial charge in [-0.2, -0.15) is 0 Å². The molecule has 0 spiro atoms. The third-order valence-corrected chi connectivity index (χ3v) is 5.28. The van der Waals surface area contributed by atoms with Crippen LogP contribution in [0.15, 0.2) is 47.5 Å². The summed E-state index contributed by atoms with van der Waals surface area (Å²) < 4.78 is 5.11. The number of carbonyl (C=O) groups is 2. The van der Waals surface area contributed by atoms with Crippen molar-refractivity contribution >= 4 is 40.1 Å². The number of amidine groups is 1. The molecule has 3 rings (SSSR count). The molecule has 6 nitrogen and oxygen atoms in total. The number of ether oxygens (including phenoxy) is 1. The number of amides is 2. The first-order chi connectivity index (χ1) is 13.0. The lowest BCUT2D eigenvalue weighted by molar-refractivity contribution is -0.122. The maximum Gasteiger partial charge on any atom is 0.240 e. The minimum Gasteiger partial charge on any atom is -0.497 e. The third kappa shape index (κ3) is 4.68. The second kappa shape index (κ2) is 8.26. The summed E-state index contributed by atoms with van der Waals surface area (Å²) in [6, 6.07) is 13.0. The van der Waals surface area contributed by atoms with Gasteiger partial charge in [0.1, 0.15) is 11.0 Å². The smallest absolute Gasteiger partial charge is 0.240 e. The lowest BCUT2D eigenvalue weighted by Crippen LogP contribution is -2.28. The summed E-state index contributed by atoms with van der Waals surface area (Å²) in [7, 11) is 1.60. The first-order valence-corrected chi connectivity index (χ1v) is 9.40. The van der Waals surface area contributed by atoms with Crippen molar-refractivity contribution in [3.63, 3.8) is 0 Å². The number of hydrogen-bond donors (Lipinski definition) is 2. The van der Waals surface area contributed by atoms with E-state index in [1.165, 1.54) is 11.8 Å². The third-order valence-electron chi connectivity index (χ3n) is 4.20. The van der Waals surface area contributed by atoms with Gasteiger partial charge in [-0.3, -0.25) is 9.59 Å². The van der Waals surface area contributed by atoms with E-state index in [1.807, 2.05) is 32.0 Å². The Kier molecular flexibility index (Phi) is 5.81. The molecule has 1 aliphatic rings. The second-order valence-corrected chi connectivity index (χ2v) is 7.42. The summed E-state index contributed by atoms with van der Waals surface area (Å²) in [6.07, 6.45) is 0.0892. The summed E-state index contributed by atoms with van der Waals surface area (Å²) in [6.45, 7) is 3.89. The average molecular weight is 383 g/mol. The highest BCUT2D eigenvalue weighted by Crippen LogP contribution is 2.27. The lowest BCUT2D eigenvalue weighted by atomic mass is 10.1. The summed E-state index contributed by atoms with van der Waals surface area (Å²) in [5.41, 5.74) is 3.50. The van der Waals surface area contributed by atoms with Crippen molar-refractivity contribution in [2.24, 2.45) is 4.99 Å². The topological polar surface area (TPSA) is 79.8 Å². The molecule has 1 unspecified atom stereocenters. The van der Waals surface area contributed by atoms with Gasteiger partial charge in [-0.05, 0) is 49.2 Å². The van der Waals surface area contributed by atoms with Gasteiger partial charge in [0.25, 0.3) is 0 Å². The summed E-state index contributed by atoms with van der Waals surface area (Å²) in [5, 5.41) is 5.65. The Morgan fingerprint density at radius 2 is 1.85 bits per heavy atom. The van der Waals surface area contributed by atoms with Crippen molar-refractivity contribution in [1.82, 2.24) is 5.32 Å². The van der Waals surface area contributed by atoms with E-state index in [1.54, 1.807) is 31.4 Å². The zero-order chi connectivity index (χ0) is 19.4. The number of aryl methyl sites for hydroxylation is 2. The molecule has 1 atom stereocenters. The molecule has 0 saturated carbocycles. The highest BCUT2D eigenvalue weighted by Gasteiger charge is 2.32. The maximum absolute atomic E-state index is 12.4. The van der Waals surface area contributed by atoms with Crippen molar-refractivity contribution in [3.8, 4) is 5.75 Å². The van der Waals surface area contributed by atoms with Crippen LogP contribution in [0.5, 0.6) is 5.75 Å². The molecular weight excluding hydrogens is 362 g/mol. The van der Waals surface area contributed by atoms with Gasteiger partial charge in [0.05, 0.1) is 12.8 Å². The molecule has 2 aromatic rings. The number of rotatable bonds is 5. The number of thioether (sulfide) groups is 1. The van der Waals surface area contributed by atoms with Gasteiger partial charge in [-0.1, -0.05) is 30.0 Å². The number of nitrogens with zero attached hydrogens (tertiary/aromatic N) is 1. The molecule has 27 heavy (non-hydrogen) atoms. The van der Waals surface area contributed by atoms with Crippen LogP contribution in [-0.4, -0.2) is 29.3 Å². The first kappa shape index (κ1) is 19.0. The van der Waals surface area contributed by atoms with Gasteiger partial charge in [0.2, 0.25) is 11.8 Å². The van der Waals surface area contributed by atoms with Gasteiger partial charge >= 0.3 is 0 Å². The SMILES string of the molecule is COc1ccc(N=C2NC(=O)C(CC(=O)Nc3c(C)cccc3C)S2)cc1. The van der Waals surface area contributed by atoms with Crippen LogP contribution in [0.1, 0.15) is 17.5 Å². The number of methoxy groups -OCH3 is 1. The molecule has 2 amide bonds. The molecule has 0 bridgehead atoms.